The van der Waals surface area contributed by atoms with Gasteiger partial charge in [-0.1, -0.05) is 12.1 Å². The lowest BCUT2D eigenvalue weighted by molar-refractivity contribution is -0.0978. The number of nitrogens with zero attached hydrogens (tertiary/aromatic N) is 1. The van der Waals surface area contributed by atoms with E-state index in [0.29, 0.717) is 19.1 Å². The van der Waals surface area contributed by atoms with E-state index in [1.54, 1.807) is 0 Å². The normalized spacial score (nSPS) is 23.8. The Morgan fingerprint density at radius 1 is 0.955 bits per heavy atom. The Kier molecular flexibility index (Phi) is 4.19. The standard InChI is InChI=1S/C17H23NO4/c1-2-14(16-15(3-1)19-8-9-20-16)12-18-6-4-13(5-7-18)17-21-10-11-22-17/h1-3,13,17H,4-12H2. The van der Waals surface area contributed by atoms with E-state index in [4.69, 9.17) is 18.9 Å². The van der Waals surface area contributed by atoms with Gasteiger partial charge in [0.05, 0.1) is 13.2 Å². The van der Waals surface area contributed by atoms with Crippen molar-refractivity contribution in [2.75, 3.05) is 39.5 Å². The summed E-state index contributed by atoms with van der Waals surface area (Å²) in [5.74, 6) is 2.35. The molecule has 120 valence electrons. The quantitative estimate of drug-likeness (QED) is 0.855. The van der Waals surface area contributed by atoms with Crippen LogP contribution in [0.5, 0.6) is 11.5 Å². The maximum absolute atomic E-state index is 5.81. The van der Waals surface area contributed by atoms with Crippen molar-refractivity contribution >= 4 is 0 Å². The monoisotopic (exact) mass is 305 g/mol. The van der Waals surface area contributed by atoms with Crippen LogP contribution in [0, 0.1) is 5.92 Å². The lowest BCUT2D eigenvalue weighted by atomic mass is 9.95. The van der Waals surface area contributed by atoms with E-state index < -0.39 is 0 Å². The second kappa shape index (κ2) is 6.44. The summed E-state index contributed by atoms with van der Waals surface area (Å²) in [5.41, 5.74) is 1.23. The summed E-state index contributed by atoms with van der Waals surface area (Å²) in [6.07, 6.45) is 2.30. The SMILES string of the molecule is c1cc(CN2CCC(C3OCCO3)CC2)c2c(c1)OCCO2. The number of piperidine rings is 1. The molecule has 0 aromatic heterocycles. The summed E-state index contributed by atoms with van der Waals surface area (Å²) < 4.78 is 22.8. The van der Waals surface area contributed by atoms with Crippen LogP contribution in [0.25, 0.3) is 0 Å². The van der Waals surface area contributed by atoms with Gasteiger partial charge in [-0.2, -0.15) is 0 Å². The molecule has 2 fully saturated rings. The van der Waals surface area contributed by atoms with Crippen LogP contribution in [0.15, 0.2) is 18.2 Å². The van der Waals surface area contributed by atoms with E-state index in [1.807, 2.05) is 6.07 Å². The zero-order valence-electron chi connectivity index (χ0n) is 12.8. The van der Waals surface area contributed by atoms with E-state index in [2.05, 4.69) is 17.0 Å². The molecular formula is C17H23NO4. The van der Waals surface area contributed by atoms with Crippen LogP contribution in [-0.4, -0.2) is 50.7 Å². The minimum Gasteiger partial charge on any atom is -0.486 e. The molecular weight excluding hydrogens is 282 g/mol. The molecule has 5 heteroatoms. The average Bonchev–Trinajstić information content (AvgIpc) is 3.10. The van der Waals surface area contributed by atoms with Gasteiger partial charge in [-0.3, -0.25) is 4.90 Å². The maximum Gasteiger partial charge on any atom is 0.165 e. The van der Waals surface area contributed by atoms with Gasteiger partial charge in [0.15, 0.2) is 17.8 Å². The van der Waals surface area contributed by atoms with Gasteiger partial charge < -0.3 is 18.9 Å². The van der Waals surface area contributed by atoms with Gasteiger partial charge in [0, 0.05) is 18.0 Å². The Balaban J connectivity index is 1.37. The first-order valence-corrected chi connectivity index (χ1v) is 8.23. The minimum atomic E-state index is 0.0309. The summed E-state index contributed by atoms with van der Waals surface area (Å²) in [4.78, 5) is 2.49. The summed E-state index contributed by atoms with van der Waals surface area (Å²) in [6, 6.07) is 6.18. The molecule has 0 spiro atoms. The minimum absolute atomic E-state index is 0.0309. The highest BCUT2D eigenvalue weighted by Gasteiger charge is 2.30. The third-order valence-corrected chi connectivity index (χ3v) is 4.71. The average molecular weight is 305 g/mol. The predicted octanol–water partition coefficient (Wildman–Crippen LogP) is 2.04. The highest BCUT2D eigenvalue weighted by atomic mass is 16.7. The second-order valence-corrected chi connectivity index (χ2v) is 6.16. The lowest BCUT2D eigenvalue weighted by Crippen LogP contribution is -2.37. The predicted molar refractivity (Wildman–Crippen MR) is 81.1 cm³/mol. The fourth-order valence-corrected chi connectivity index (χ4v) is 3.53. The lowest BCUT2D eigenvalue weighted by Gasteiger charge is -2.34. The Morgan fingerprint density at radius 3 is 2.55 bits per heavy atom. The third kappa shape index (κ3) is 2.93. The van der Waals surface area contributed by atoms with Crippen LogP contribution >= 0.6 is 0 Å². The molecule has 0 radical (unpaired) electrons. The van der Waals surface area contributed by atoms with E-state index in [-0.39, 0.29) is 6.29 Å². The molecule has 0 atom stereocenters. The van der Waals surface area contributed by atoms with Crippen molar-refractivity contribution < 1.29 is 18.9 Å². The topological polar surface area (TPSA) is 40.2 Å². The molecule has 1 aromatic rings. The van der Waals surface area contributed by atoms with Crippen LogP contribution in [0.4, 0.5) is 0 Å². The number of likely N-dealkylation sites (tertiary alicyclic amines) is 1. The number of para-hydroxylation sites is 1. The summed E-state index contributed by atoms with van der Waals surface area (Å²) >= 11 is 0. The fraction of sp³-hybridized carbons (Fsp3) is 0.647. The van der Waals surface area contributed by atoms with Crippen molar-refractivity contribution in [3.05, 3.63) is 23.8 Å². The van der Waals surface area contributed by atoms with Crippen LogP contribution < -0.4 is 9.47 Å². The molecule has 0 saturated carbocycles. The van der Waals surface area contributed by atoms with E-state index >= 15 is 0 Å². The molecule has 0 unspecified atom stereocenters. The van der Waals surface area contributed by atoms with E-state index in [1.165, 1.54) is 5.56 Å². The second-order valence-electron chi connectivity index (χ2n) is 6.16. The molecule has 0 aliphatic carbocycles. The fourth-order valence-electron chi connectivity index (χ4n) is 3.53. The van der Waals surface area contributed by atoms with Crippen LogP contribution in [0.2, 0.25) is 0 Å². The molecule has 2 saturated heterocycles. The van der Waals surface area contributed by atoms with Crippen molar-refractivity contribution in [2.45, 2.75) is 25.7 Å². The van der Waals surface area contributed by atoms with Gasteiger partial charge in [-0.25, -0.2) is 0 Å². The van der Waals surface area contributed by atoms with Crippen molar-refractivity contribution in [3.63, 3.8) is 0 Å². The van der Waals surface area contributed by atoms with Crippen molar-refractivity contribution in [3.8, 4) is 11.5 Å². The number of hydrogen-bond donors (Lipinski definition) is 0. The first kappa shape index (κ1) is 14.3. The third-order valence-electron chi connectivity index (χ3n) is 4.71. The van der Waals surface area contributed by atoms with Gasteiger partial charge in [-0.15, -0.1) is 0 Å². The molecule has 1 aromatic carbocycles. The van der Waals surface area contributed by atoms with Gasteiger partial charge >= 0.3 is 0 Å². The largest absolute Gasteiger partial charge is 0.486 e. The number of benzene rings is 1. The molecule has 3 heterocycles. The number of fused-ring (bicyclic) bond motifs is 1. The molecule has 22 heavy (non-hydrogen) atoms. The molecule has 0 bridgehead atoms. The Hall–Kier alpha value is -1.30. The van der Waals surface area contributed by atoms with Gasteiger partial charge in [0.2, 0.25) is 0 Å². The maximum atomic E-state index is 5.81. The molecule has 5 nitrogen and oxygen atoms in total. The van der Waals surface area contributed by atoms with Gasteiger partial charge in [-0.05, 0) is 32.0 Å². The molecule has 0 amide bonds. The molecule has 3 aliphatic heterocycles. The molecule has 0 N–H and O–H groups in total. The van der Waals surface area contributed by atoms with Crippen molar-refractivity contribution in [1.29, 1.82) is 0 Å². The Labute approximate surface area is 131 Å². The van der Waals surface area contributed by atoms with E-state index in [0.717, 1.165) is 57.2 Å². The zero-order valence-corrected chi connectivity index (χ0v) is 12.8. The summed E-state index contributed by atoms with van der Waals surface area (Å²) in [5, 5.41) is 0. The van der Waals surface area contributed by atoms with Gasteiger partial charge in [0.25, 0.3) is 0 Å². The first-order chi connectivity index (χ1) is 10.9. The highest BCUT2D eigenvalue weighted by molar-refractivity contribution is 5.47. The smallest absolute Gasteiger partial charge is 0.165 e. The molecule has 3 aliphatic rings. The van der Waals surface area contributed by atoms with Crippen LogP contribution in [0.1, 0.15) is 18.4 Å². The first-order valence-electron chi connectivity index (χ1n) is 8.23. The summed E-state index contributed by atoms with van der Waals surface area (Å²) in [6.45, 7) is 5.87. The van der Waals surface area contributed by atoms with Gasteiger partial charge in [0.1, 0.15) is 13.2 Å². The number of ether oxygens (including phenoxy) is 4. The number of hydrogen-bond acceptors (Lipinski definition) is 5. The van der Waals surface area contributed by atoms with Crippen molar-refractivity contribution in [1.82, 2.24) is 4.90 Å². The Bertz CT molecular complexity index is 507. The summed E-state index contributed by atoms with van der Waals surface area (Å²) in [7, 11) is 0. The zero-order chi connectivity index (χ0) is 14.8. The Morgan fingerprint density at radius 2 is 1.73 bits per heavy atom. The van der Waals surface area contributed by atoms with Crippen LogP contribution in [-0.2, 0) is 16.0 Å². The molecule has 4 rings (SSSR count). The van der Waals surface area contributed by atoms with Crippen LogP contribution in [0.3, 0.4) is 0 Å². The van der Waals surface area contributed by atoms with E-state index in [9.17, 15) is 0 Å². The van der Waals surface area contributed by atoms with Crippen molar-refractivity contribution in [2.24, 2.45) is 5.92 Å². The highest BCUT2D eigenvalue weighted by Crippen LogP contribution is 2.35. The number of rotatable bonds is 3.